The van der Waals surface area contributed by atoms with E-state index in [-0.39, 0.29) is 12.1 Å². The minimum Gasteiger partial charge on any atom is -0.467 e. The molecule has 2 aromatic carbocycles. The van der Waals surface area contributed by atoms with Crippen LogP contribution in [0.2, 0.25) is 0 Å². The summed E-state index contributed by atoms with van der Waals surface area (Å²) >= 11 is 3.55. The molecule has 0 bridgehead atoms. The Hall–Kier alpha value is -1.65. The van der Waals surface area contributed by atoms with Crippen LogP contribution in [0.15, 0.2) is 53.0 Å². The first-order chi connectivity index (χ1) is 9.72. The van der Waals surface area contributed by atoms with Gasteiger partial charge in [-0.25, -0.2) is 4.79 Å². The van der Waals surface area contributed by atoms with E-state index in [0.29, 0.717) is 0 Å². The van der Waals surface area contributed by atoms with Gasteiger partial charge in [-0.2, -0.15) is 0 Å². The number of hydrogen-bond donors (Lipinski definition) is 0. The molecule has 0 amide bonds. The van der Waals surface area contributed by atoms with Gasteiger partial charge in [0.2, 0.25) is 0 Å². The third-order valence-electron chi connectivity index (χ3n) is 3.35. The van der Waals surface area contributed by atoms with Gasteiger partial charge in [0.15, 0.2) is 6.10 Å². The first kappa shape index (κ1) is 13.3. The van der Waals surface area contributed by atoms with E-state index in [4.69, 9.17) is 9.47 Å². The van der Waals surface area contributed by atoms with Gasteiger partial charge in [0.25, 0.3) is 0 Å². The second-order valence-electron chi connectivity index (χ2n) is 4.57. The fraction of sp³-hybridized carbons (Fsp3) is 0.188. The summed E-state index contributed by atoms with van der Waals surface area (Å²) in [6.07, 6.45) is -0.741. The summed E-state index contributed by atoms with van der Waals surface area (Å²) in [5.41, 5.74) is 3.16. The molecule has 0 aromatic heterocycles. The van der Waals surface area contributed by atoms with Crippen molar-refractivity contribution in [3.05, 3.63) is 58.6 Å². The molecule has 3 rings (SSSR count). The Morgan fingerprint density at radius 1 is 1.15 bits per heavy atom. The predicted octanol–water partition coefficient (Wildman–Crippen LogP) is 3.73. The Kier molecular flexibility index (Phi) is 3.59. The Balaban J connectivity index is 2.02. The van der Waals surface area contributed by atoms with Crippen molar-refractivity contribution in [2.75, 3.05) is 7.11 Å². The van der Waals surface area contributed by atoms with E-state index in [1.54, 1.807) is 0 Å². The lowest BCUT2D eigenvalue weighted by Crippen LogP contribution is -2.09. The Bertz CT molecular complexity index is 639. The van der Waals surface area contributed by atoms with E-state index in [2.05, 4.69) is 15.9 Å². The number of carbonyl (C=O) groups excluding carboxylic acids is 1. The van der Waals surface area contributed by atoms with Crippen LogP contribution in [0.4, 0.5) is 0 Å². The van der Waals surface area contributed by atoms with Gasteiger partial charge in [-0.15, -0.1) is 0 Å². The van der Waals surface area contributed by atoms with Gasteiger partial charge in [-0.05, 0) is 17.2 Å². The topological polar surface area (TPSA) is 38.8 Å². The number of hydrogen-bond acceptors (Lipinski definition) is 3. The van der Waals surface area contributed by atoms with Gasteiger partial charge >= 0.3 is 5.97 Å². The van der Waals surface area contributed by atoms with Gasteiger partial charge in [0.05, 0.1) is 7.11 Å². The van der Waals surface area contributed by atoms with E-state index in [1.165, 1.54) is 7.11 Å². The van der Waals surface area contributed by atoms with Gasteiger partial charge in [-0.1, -0.05) is 58.4 Å². The van der Waals surface area contributed by atoms with Crippen molar-refractivity contribution in [2.24, 2.45) is 0 Å². The van der Waals surface area contributed by atoms with Crippen LogP contribution >= 0.6 is 15.9 Å². The molecule has 3 nitrogen and oxygen atoms in total. The van der Waals surface area contributed by atoms with Crippen molar-refractivity contribution in [2.45, 2.75) is 12.2 Å². The monoisotopic (exact) mass is 332 g/mol. The number of rotatable bonds is 3. The van der Waals surface area contributed by atoms with Crippen molar-refractivity contribution in [3.8, 4) is 11.1 Å². The van der Waals surface area contributed by atoms with E-state index in [0.717, 1.165) is 21.2 Å². The average Bonchev–Trinajstić information content (AvgIpc) is 3.27. The molecule has 1 saturated heterocycles. The number of benzene rings is 2. The highest BCUT2D eigenvalue weighted by Crippen LogP contribution is 2.46. The molecule has 1 heterocycles. The van der Waals surface area contributed by atoms with E-state index < -0.39 is 6.10 Å². The lowest BCUT2D eigenvalue weighted by molar-refractivity contribution is -0.142. The smallest absolute Gasteiger partial charge is 0.338 e. The predicted molar refractivity (Wildman–Crippen MR) is 79.2 cm³/mol. The molecule has 102 valence electrons. The quantitative estimate of drug-likeness (QED) is 0.635. The van der Waals surface area contributed by atoms with Crippen molar-refractivity contribution < 1.29 is 14.3 Å². The standard InChI is InChI=1S/C16H13BrO3/c1-19-16(18)15-14(20-15)13-11(8-5-9-12(13)17)10-6-3-2-4-7-10/h2-9,14-15H,1H3/t14-,15+/m0/s1. The average molecular weight is 333 g/mol. The molecule has 0 unspecified atom stereocenters. The zero-order valence-corrected chi connectivity index (χ0v) is 12.5. The SMILES string of the molecule is COC(=O)[C@@H]1O[C@H]1c1c(Br)cccc1-c1ccccc1. The van der Waals surface area contributed by atoms with Crippen molar-refractivity contribution in [1.82, 2.24) is 0 Å². The zero-order valence-electron chi connectivity index (χ0n) is 10.9. The van der Waals surface area contributed by atoms with Crippen LogP contribution in [0.1, 0.15) is 11.7 Å². The van der Waals surface area contributed by atoms with E-state index >= 15 is 0 Å². The molecule has 2 aromatic rings. The first-order valence-electron chi connectivity index (χ1n) is 6.29. The molecule has 1 aliphatic heterocycles. The highest BCUT2D eigenvalue weighted by atomic mass is 79.9. The highest BCUT2D eigenvalue weighted by molar-refractivity contribution is 9.10. The molecule has 0 radical (unpaired) electrons. The van der Waals surface area contributed by atoms with Crippen LogP contribution in [-0.2, 0) is 14.3 Å². The lowest BCUT2D eigenvalue weighted by Gasteiger charge is -2.10. The maximum absolute atomic E-state index is 11.6. The summed E-state index contributed by atoms with van der Waals surface area (Å²) in [5, 5.41) is 0. The molecule has 1 fully saturated rings. The van der Waals surface area contributed by atoms with Crippen LogP contribution in [0.25, 0.3) is 11.1 Å². The largest absolute Gasteiger partial charge is 0.467 e. The molecular weight excluding hydrogens is 320 g/mol. The molecule has 20 heavy (non-hydrogen) atoms. The molecule has 0 spiro atoms. The maximum Gasteiger partial charge on any atom is 0.338 e. The number of ether oxygens (including phenoxy) is 2. The molecule has 0 N–H and O–H groups in total. The van der Waals surface area contributed by atoms with Gasteiger partial charge < -0.3 is 9.47 Å². The maximum atomic E-state index is 11.6. The zero-order chi connectivity index (χ0) is 14.1. The van der Waals surface area contributed by atoms with E-state index in [9.17, 15) is 4.79 Å². The molecule has 0 aliphatic carbocycles. The second-order valence-corrected chi connectivity index (χ2v) is 5.42. The summed E-state index contributed by atoms with van der Waals surface area (Å²) in [5.74, 6) is -0.329. The number of methoxy groups -OCH3 is 1. The Morgan fingerprint density at radius 3 is 2.60 bits per heavy atom. The minimum atomic E-state index is -0.499. The molecule has 0 saturated carbocycles. The third kappa shape index (κ3) is 2.37. The lowest BCUT2D eigenvalue weighted by atomic mass is 9.96. The number of epoxide rings is 1. The van der Waals surface area contributed by atoms with Crippen LogP contribution in [0.5, 0.6) is 0 Å². The van der Waals surface area contributed by atoms with Crippen LogP contribution in [-0.4, -0.2) is 19.2 Å². The summed E-state index contributed by atoms with van der Waals surface area (Å²) in [6, 6.07) is 16.0. The molecular formula is C16H13BrO3. The summed E-state index contributed by atoms with van der Waals surface area (Å²) in [4.78, 5) is 11.6. The normalized spacial score (nSPS) is 20.5. The fourth-order valence-corrected chi connectivity index (χ4v) is 2.91. The van der Waals surface area contributed by atoms with Crippen molar-refractivity contribution >= 4 is 21.9 Å². The van der Waals surface area contributed by atoms with Crippen LogP contribution in [0.3, 0.4) is 0 Å². The Labute approximate surface area is 125 Å². The number of esters is 1. The van der Waals surface area contributed by atoms with Crippen molar-refractivity contribution in [1.29, 1.82) is 0 Å². The summed E-state index contributed by atoms with van der Waals surface area (Å²) in [7, 11) is 1.37. The van der Waals surface area contributed by atoms with Gasteiger partial charge in [-0.3, -0.25) is 0 Å². The summed E-state index contributed by atoms with van der Waals surface area (Å²) in [6.45, 7) is 0. The number of halogens is 1. The van der Waals surface area contributed by atoms with E-state index in [1.807, 2.05) is 48.5 Å². The first-order valence-corrected chi connectivity index (χ1v) is 7.09. The van der Waals surface area contributed by atoms with Gasteiger partial charge in [0.1, 0.15) is 6.10 Å². The third-order valence-corrected chi connectivity index (χ3v) is 4.04. The van der Waals surface area contributed by atoms with Crippen LogP contribution < -0.4 is 0 Å². The summed E-state index contributed by atoms with van der Waals surface area (Å²) < 4.78 is 11.2. The molecule has 1 aliphatic rings. The molecule has 2 atom stereocenters. The highest BCUT2D eigenvalue weighted by Gasteiger charge is 2.49. The second kappa shape index (κ2) is 5.38. The number of carbonyl (C=O) groups is 1. The van der Waals surface area contributed by atoms with Crippen LogP contribution in [0, 0.1) is 0 Å². The Morgan fingerprint density at radius 2 is 1.90 bits per heavy atom. The minimum absolute atomic E-state index is 0.242. The van der Waals surface area contributed by atoms with Crippen molar-refractivity contribution in [3.63, 3.8) is 0 Å². The molecule has 4 heteroatoms. The fourth-order valence-electron chi connectivity index (χ4n) is 2.32. The van der Waals surface area contributed by atoms with Gasteiger partial charge in [0, 0.05) is 10.0 Å².